The summed E-state index contributed by atoms with van der Waals surface area (Å²) in [4.78, 5) is 0. The highest BCUT2D eigenvalue weighted by Crippen LogP contribution is 2.37. The fourth-order valence-corrected chi connectivity index (χ4v) is 5.61. The molecular formula is C13H27N3O2S. The third-order valence-electron chi connectivity index (χ3n) is 4.54. The Morgan fingerprint density at radius 3 is 2.21 bits per heavy atom. The van der Waals surface area contributed by atoms with E-state index < -0.39 is 10.2 Å². The zero-order valence-corrected chi connectivity index (χ0v) is 12.8. The van der Waals surface area contributed by atoms with E-state index in [-0.39, 0.29) is 5.54 Å². The minimum absolute atomic E-state index is 0.322. The van der Waals surface area contributed by atoms with Gasteiger partial charge >= 0.3 is 0 Å². The topological polar surface area (TPSA) is 66.6 Å². The van der Waals surface area contributed by atoms with Crippen molar-refractivity contribution in [1.82, 2.24) is 8.61 Å². The fraction of sp³-hybridized carbons (Fsp3) is 1.00. The van der Waals surface area contributed by atoms with E-state index in [1.807, 2.05) is 6.92 Å². The Hall–Kier alpha value is -0.170. The van der Waals surface area contributed by atoms with Gasteiger partial charge in [-0.3, -0.25) is 0 Å². The molecule has 19 heavy (non-hydrogen) atoms. The van der Waals surface area contributed by atoms with Gasteiger partial charge in [0.25, 0.3) is 10.2 Å². The molecule has 1 saturated carbocycles. The first-order valence-corrected chi connectivity index (χ1v) is 8.94. The second-order valence-corrected chi connectivity index (χ2v) is 7.67. The second-order valence-electron chi connectivity index (χ2n) is 5.82. The standard InChI is InChI=1S/C13H27N3O2S/c1-2-9-16(13(12-14)7-3-4-8-13)19(17,18)15-10-5-6-11-15/h2-12,14H2,1H3. The highest BCUT2D eigenvalue weighted by Gasteiger charge is 2.46. The molecule has 1 aliphatic heterocycles. The van der Waals surface area contributed by atoms with Crippen molar-refractivity contribution in [2.75, 3.05) is 26.2 Å². The van der Waals surface area contributed by atoms with Gasteiger partial charge in [0.15, 0.2) is 0 Å². The maximum Gasteiger partial charge on any atom is 0.282 e. The van der Waals surface area contributed by atoms with Gasteiger partial charge < -0.3 is 5.73 Å². The van der Waals surface area contributed by atoms with Crippen LogP contribution >= 0.6 is 0 Å². The van der Waals surface area contributed by atoms with Crippen LogP contribution < -0.4 is 5.73 Å². The Balaban J connectivity index is 2.28. The highest BCUT2D eigenvalue weighted by molar-refractivity contribution is 7.86. The first-order chi connectivity index (χ1) is 9.07. The van der Waals surface area contributed by atoms with Crippen LogP contribution in [-0.4, -0.2) is 48.7 Å². The quantitative estimate of drug-likeness (QED) is 0.801. The van der Waals surface area contributed by atoms with Crippen LogP contribution in [0.1, 0.15) is 51.9 Å². The number of rotatable bonds is 6. The number of nitrogens with two attached hydrogens (primary N) is 1. The molecule has 2 rings (SSSR count). The second kappa shape index (κ2) is 6.08. The van der Waals surface area contributed by atoms with Gasteiger partial charge in [-0.1, -0.05) is 19.8 Å². The van der Waals surface area contributed by atoms with Crippen molar-refractivity contribution in [3.63, 3.8) is 0 Å². The summed E-state index contributed by atoms with van der Waals surface area (Å²) in [7, 11) is -3.33. The van der Waals surface area contributed by atoms with Crippen molar-refractivity contribution in [3.8, 4) is 0 Å². The molecule has 5 nitrogen and oxygen atoms in total. The summed E-state index contributed by atoms with van der Waals surface area (Å²) in [5.41, 5.74) is 5.65. The van der Waals surface area contributed by atoms with E-state index in [4.69, 9.17) is 5.73 Å². The van der Waals surface area contributed by atoms with Crippen LogP contribution in [0.4, 0.5) is 0 Å². The van der Waals surface area contributed by atoms with Crippen LogP contribution in [0.2, 0.25) is 0 Å². The molecule has 0 aromatic heterocycles. The number of hydrogen-bond acceptors (Lipinski definition) is 3. The molecule has 0 radical (unpaired) electrons. The molecule has 0 aromatic carbocycles. The van der Waals surface area contributed by atoms with Crippen LogP contribution in [0.3, 0.4) is 0 Å². The third kappa shape index (κ3) is 2.82. The molecule has 0 amide bonds. The molecule has 1 aliphatic carbocycles. The van der Waals surface area contributed by atoms with E-state index in [0.29, 0.717) is 26.2 Å². The Morgan fingerprint density at radius 1 is 1.16 bits per heavy atom. The molecule has 2 aliphatic rings. The molecule has 2 N–H and O–H groups in total. The smallest absolute Gasteiger partial charge is 0.282 e. The summed E-state index contributed by atoms with van der Waals surface area (Å²) in [6.07, 6.45) is 6.81. The van der Waals surface area contributed by atoms with Gasteiger partial charge in [0.05, 0.1) is 0 Å². The predicted octanol–water partition coefficient (Wildman–Crippen LogP) is 1.31. The minimum atomic E-state index is -3.33. The van der Waals surface area contributed by atoms with E-state index in [1.54, 1.807) is 8.61 Å². The van der Waals surface area contributed by atoms with Gasteiger partial charge in [0.1, 0.15) is 0 Å². The summed E-state index contributed by atoms with van der Waals surface area (Å²) in [5.74, 6) is 0. The summed E-state index contributed by atoms with van der Waals surface area (Å²) in [6.45, 7) is 4.41. The molecule has 0 bridgehead atoms. The van der Waals surface area contributed by atoms with Crippen LogP contribution in [0.25, 0.3) is 0 Å². The summed E-state index contributed by atoms with van der Waals surface area (Å²) < 4.78 is 29.1. The summed E-state index contributed by atoms with van der Waals surface area (Å²) >= 11 is 0. The largest absolute Gasteiger partial charge is 0.329 e. The van der Waals surface area contributed by atoms with Gasteiger partial charge in [-0.15, -0.1) is 0 Å². The van der Waals surface area contributed by atoms with Crippen molar-refractivity contribution < 1.29 is 8.42 Å². The molecular weight excluding hydrogens is 262 g/mol. The van der Waals surface area contributed by atoms with E-state index in [0.717, 1.165) is 44.9 Å². The van der Waals surface area contributed by atoms with Gasteiger partial charge in [0.2, 0.25) is 0 Å². The molecule has 2 fully saturated rings. The van der Waals surface area contributed by atoms with Crippen LogP contribution in [0.5, 0.6) is 0 Å². The van der Waals surface area contributed by atoms with Crippen molar-refractivity contribution in [1.29, 1.82) is 0 Å². The third-order valence-corrected chi connectivity index (χ3v) is 6.68. The predicted molar refractivity (Wildman–Crippen MR) is 77.0 cm³/mol. The number of nitrogens with zero attached hydrogens (tertiary/aromatic N) is 2. The lowest BCUT2D eigenvalue weighted by atomic mass is 9.98. The molecule has 1 heterocycles. The van der Waals surface area contributed by atoms with Crippen molar-refractivity contribution >= 4 is 10.2 Å². The molecule has 0 unspecified atom stereocenters. The molecule has 112 valence electrons. The lowest BCUT2D eigenvalue weighted by molar-refractivity contribution is 0.185. The van der Waals surface area contributed by atoms with Crippen LogP contribution in [0, 0.1) is 0 Å². The van der Waals surface area contributed by atoms with Gasteiger partial charge in [-0.25, -0.2) is 0 Å². The van der Waals surface area contributed by atoms with Gasteiger partial charge in [0, 0.05) is 31.7 Å². The normalized spacial score (nSPS) is 24.4. The summed E-state index contributed by atoms with van der Waals surface area (Å²) in [6, 6.07) is 0. The minimum Gasteiger partial charge on any atom is -0.329 e. The Bertz CT molecular complexity index is 385. The fourth-order valence-electron chi connectivity index (χ4n) is 3.45. The van der Waals surface area contributed by atoms with Gasteiger partial charge in [-0.2, -0.15) is 17.0 Å². The molecule has 0 spiro atoms. The first-order valence-electron chi connectivity index (χ1n) is 7.55. The lowest BCUT2D eigenvalue weighted by Gasteiger charge is -2.41. The Labute approximate surface area is 117 Å². The lowest BCUT2D eigenvalue weighted by Crippen LogP contribution is -2.58. The SMILES string of the molecule is CCCN(C1(CN)CCCC1)S(=O)(=O)N1CCCC1. The van der Waals surface area contributed by atoms with E-state index in [9.17, 15) is 8.42 Å². The Kier molecular flexibility index (Phi) is 4.87. The zero-order chi connectivity index (χ0) is 13.9. The monoisotopic (exact) mass is 289 g/mol. The van der Waals surface area contributed by atoms with Crippen LogP contribution in [-0.2, 0) is 10.2 Å². The van der Waals surface area contributed by atoms with E-state index in [2.05, 4.69) is 0 Å². The van der Waals surface area contributed by atoms with Gasteiger partial charge in [-0.05, 0) is 32.1 Å². The molecule has 1 saturated heterocycles. The first kappa shape index (κ1) is 15.2. The average molecular weight is 289 g/mol. The highest BCUT2D eigenvalue weighted by atomic mass is 32.2. The maximum atomic E-state index is 12.9. The average Bonchev–Trinajstić information content (AvgIpc) is 3.07. The van der Waals surface area contributed by atoms with Crippen molar-refractivity contribution in [2.45, 2.75) is 57.4 Å². The molecule has 0 aromatic rings. The van der Waals surface area contributed by atoms with Crippen molar-refractivity contribution in [2.24, 2.45) is 5.73 Å². The summed E-state index contributed by atoms with van der Waals surface area (Å²) in [5, 5.41) is 0. The molecule has 0 atom stereocenters. The number of hydrogen-bond donors (Lipinski definition) is 1. The van der Waals surface area contributed by atoms with Crippen molar-refractivity contribution in [3.05, 3.63) is 0 Å². The van der Waals surface area contributed by atoms with Crippen LogP contribution in [0.15, 0.2) is 0 Å². The molecule has 6 heteroatoms. The zero-order valence-electron chi connectivity index (χ0n) is 12.0. The van der Waals surface area contributed by atoms with E-state index in [1.165, 1.54) is 0 Å². The maximum absolute atomic E-state index is 12.9. The Morgan fingerprint density at radius 2 is 1.74 bits per heavy atom. The van der Waals surface area contributed by atoms with E-state index >= 15 is 0 Å².